The number of carbonyl (C=O) groups excluding carboxylic acids is 2. The van der Waals surface area contributed by atoms with Gasteiger partial charge in [-0.3, -0.25) is 4.79 Å². The van der Waals surface area contributed by atoms with Crippen molar-refractivity contribution in [1.82, 2.24) is 4.98 Å². The first-order valence-electron chi connectivity index (χ1n) is 8.74. The van der Waals surface area contributed by atoms with Gasteiger partial charge in [-0.25, -0.2) is 4.79 Å². The standard InChI is InChI=1S/C21H20N2O3/c1-26-21(25)17-7-4-10-19-16(17)8-5-11-23(19)20(24)12-14-13-22-18-9-3-2-6-15(14)18/h2-4,6-7,9-10,13,22H,5,8,11-12H2,1H3. The number of aromatic amines is 1. The molecule has 0 bridgehead atoms. The molecule has 2 heterocycles. The zero-order valence-electron chi connectivity index (χ0n) is 14.6. The Kier molecular flexibility index (Phi) is 4.21. The third-order valence-corrected chi connectivity index (χ3v) is 4.97. The molecule has 2 aromatic carbocycles. The van der Waals surface area contributed by atoms with Gasteiger partial charge in [-0.2, -0.15) is 0 Å². The molecule has 1 aliphatic heterocycles. The molecule has 0 aliphatic carbocycles. The first-order chi connectivity index (χ1) is 12.7. The lowest BCUT2D eigenvalue weighted by Crippen LogP contribution is -2.37. The lowest BCUT2D eigenvalue weighted by atomic mass is 9.95. The van der Waals surface area contributed by atoms with Crippen LogP contribution in [0.5, 0.6) is 0 Å². The van der Waals surface area contributed by atoms with Crippen LogP contribution in [0.3, 0.4) is 0 Å². The molecule has 3 aromatic rings. The van der Waals surface area contributed by atoms with Gasteiger partial charge in [0.1, 0.15) is 0 Å². The van der Waals surface area contributed by atoms with E-state index in [0.717, 1.165) is 40.6 Å². The highest BCUT2D eigenvalue weighted by Gasteiger charge is 2.26. The minimum absolute atomic E-state index is 0.0396. The number of H-pyrrole nitrogens is 1. The third-order valence-electron chi connectivity index (χ3n) is 4.97. The molecule has 0 unspecified atom stereocenters. The second-order valence-corrected chi connectivity index (χ2v) is 6.48. The van der Waals surface area contributed by atoms with E-state index in [9.17, 15) is 9.59 Å². The van der Waals surface area contributed by atoms with Crippen molar-refractivity contribution in [2.75, 3.05) is 18.6 Å². The minimum Gasteiger partial charge on any atom is -0.465 e. The van der Waals surface area contributed by atoms with E-state index in [1.165, 1.54) is 7.11 Å². The number of fused-ring (bicyclic) bond motifs is 2. The number of methoxy groups -OCH3 is 1. The summed E-state index contributed by atoms with van der Waals surface area (Å²) in [6.07, 6.45) is 3.84. The molecule has 0 radical (unpaired) electrons. The smallest absolute Gasteiger partial charge is 0.338 e. The summed E-state index contributed by atoms with van der Waals surface area (Å²) in [5.41, 5.74) is 4.29. The molecule has 5 heteroatoms. The molecule has 1 amide bonds. The van der Waals surface area contributed by atoms with Crippen molar-refractivity contribution in [3.8, 4) is 0 Å². The Balaban J connectivity index is 1.65. The summed E-state index contributed by atoms with van der Waals surface area (Å²) in [7, 11) is 1.38. The van der Waals surface area contributed by atoms with Crippen molar-refractivity contribution in [2.24, 2.45) is 0 Å². The maximum absolute atomic E-state index is 13.0. The largest absolute Gasteiger partial charge is 0.465 e. The maximum Gasteiger partial charge on any atom is 0.338 e. The summed E-state index contributed by atoms with van der Waals surface area (Å²) in [4.78, 5) is 30.1. The highest BCUT2D eigenvalue weighted by atomic mass is 16.5. The fourth-order valence-electron chi connectivity index (χ4n) is 3.72. The van der Waals surface area contributed by atoms with Gasteiger partial charge in [0.15, 0.2) is 0 Å². The van der Waals surface area contributed by atoms with Gasteiger partial charge in [0, 0.05) is 29.3 Å². The van der Waals surface area contributed by atoms with Crippen molar-refractivity contribution in [3.05, 3.63) is 65.4 Å². The second-order valence-electron chi connectivity index (χ2n) is 6.48. The fourth-order valence-corrected chi connectivity index (χ4v) is 3.72. The number of amides is 1. The number of nitrogens with one attached hydrogen (secondary N) is 1. The molecule has 0 fully saturated rings. The number of esters is 1. The van der Waals surface area contributed by atoms with Crippen LogP contribution in [-0.4, -0.2) is 30.5 Å². The molecule has 0 spiro atoms. The third kappa shape index (κ3) is 2.75. The van der Waals surface area contributed by atoms with Crippen LogP contribution in [-0.2, 0) is 22.4 Å². The minimum atomic E-state index is -0.354. The predicted octanol–water partition coefficient (Wildman–Crippen LogP) is 3.48. The van der Waals surface area contributed by atoms with Gasteiger partial charge >= 0.3 is 5.97 Å². The highest BCUT2D eigenvalue weighted by molar-refractivity contribution is 6.01. The predicted molar refractivity (Wildman–Crippen MR) is 100 cm³/mol. The van der Waals surface area contributed by atoms with Crippen LogP contribution in [0.4, 0.5) is 5.69 Å². The van der Waals surface area contributed by atoms with Gasteiger partial charge in [0.2, 0.25) is 5.91 Å². The van der Waals surface area contributed by atoms with Crippen molar-refractivity contribution in [3.63, 3.8) is 0 Å². The molecule has 4 rings (SSSR count). The van der Waals surface area contributed by atoms with Crippen molar-refractivity contribution >= 4 is 28.5 Å². The topological polar surface area (TPSA) is 62.4 Å². The summed E-state index contributed by atoms with van der Waals surface area (Å²) in [5, 5.41) is 1.07. The molecule has 5 nitrogen and oxygen atoms in total. The number of rotatable bonds is 3. The Morgan fingerprint density at radius 1 is 1.15 bits per heavy atom. The second kappa shape index (κ2) is 6.67. The number of para-hydroxylation sites is 1. The average Bonchev–Trinajstić information content (AvgIpc) is 3.09. The maximum atomic E-state index is 13.0. The van der Waals surface area contributed by atoms with Crippen molar-refractivity contribution in [2.45, 2.75) is 19.3 Å². The number of hydrogen-bond acceptors (Lipinski definition) is 3. The van der Waals surface area contributed by atoms with E-state index in [4.69, 9.17) is 4.74 Å². The van der Waals surface area contributed by atoms with Crippen molar-refractivity contribution in [1.29, 1.82) is 0 Å². The van der Waals surface area contributed by atoms with Gasteiger partial charge in [-0.1, -0.05) is 24.3 Å². The van der Waals surface area contributed by atoms with Gasteiger partial charge in [-0.05, 0) is 42.2 Å². The average molecular weight is 348 g/mol. The Bertz CT molecular complexity index is 990. The number of anilines is 1. The van der Waals surface area contributed by atoms with Gasteiger partial charge in [-0.15, -0.1) is 0 Å². The number of benzene rings is 2. The molecule has 1 N–H and O–H groups in total. The van der Waals surface area contributed by atoms with E-state index < -0.39 is 0 Å². The van der Waals surface area contributed by atoms with Gasteiger partial charge in [0.25, 0.3) is 0 Å². The van der Waals surface area contributed by atoms with Crippen LogP contribution in [0.2, 0.25) is 0 Å². The quantitative estimate of drug-likeness (QED) is 0.737. The Hall–Kier alpha value is -3.08. The molecule has 0 saturated carbocycles. The number of nitrogens with zero attached hydrogens (tertiary/aromatic N) is 1. The van der Waals surface area contributed by atoms with E-state index in [1.54, 1.807) is 11.0 Å². The van der Waals surface area contributed by atoms with Crippen LogP contribution < -0.4 is 4.90 Å². The fraction of sp³-hybridized carbons (Fsp3) is 0.238. The molecule has 1 aliphatic rings. The Morgan fingerprint density at radius 3 is 2.85 bits per heavy atom. The number of ether oxygens (including phenoxy) is 1. The Labute approximate surface area is 151 Å². The number of hydrogen-bond donors (Lipinski definition) is 1. The first kappa shape index (κ1) is 16.4. The zero-order chi connectivity index (χ0) is 18.1. The monoisotopic (exact) mass is 348 g/mol. The van der Waals surface area contributed by atoms with Crippen LogP contribution in [0, 0.1) is 0 Å². The van der Waals surface area contributed by atoms with Crippen LogP contribution in [0.1, 0.15) is 27.9 Å². The Morgan fingerprint density at radius 2 is 2.00 bits per heavy atom. The normalized spacial score (nSPS) is 13.5. The van der Waals surface area contributed by atoms with E-state index in [-0.39, 0.29) is 11.9 Å². The van der Waals surface area contributed by atoms with Crippen LogP contribution in [0.25, 0.3) is 10.9 Å². The first-order valence-corrected chi connectivity index (χ1v) is 8.74. The molecule has 0 atom stereocenters. The van der Waals surface area contributed by atoms with Gasteiger partial charge in [0.05, 0.1) is 19.1 Å². The summed E-state index contributed by atoms with van der Waals surface area (Å²) in [6.45, 7) is 0.665. The molecule has 1 aromatic heterocycles. The number of carbonyl (C=O) groups is 2. The van der Waals surface area contributed by atoms with Crippen LogP contribution in [0.15, 0.2) is 48.7 Å². The van der Waals surface area contributed by atoms with Crippen molar-refractivity contribution < 1.29 is 14.3 Å². The van der Waals surface area contributed by atoms with Gasteiger partial charge < -0.3 is 14.6 Å². The van der Waals surface area contributed by atoms with E-state index >= 15 is 0 Å². The molecular weight excluding hydrogens is 328 g/mol. The molecule has 132 valence electrons. The summed E-state index contributed by atoms with van der Waals surface area (Å²) in [6, 6.07) is 13.5. The summed E-state index contributed by atoms with van der Waals surface area (Å²) >= 11 is 0. The molecule has 0 saturated heterocycles. The molecular formula is C21H20N2O3. The summed E-state index contributed by atoms with van der Waals surface area (Å²) in [5.74, 6) is -0.314. The van der Waals surface area contributed by atoms with E-state index in [0.29, 0.717) is 18.5 Å². The number of aromatic nitrogens is 1. The highest BCUT2D eigenvalue weighted by Crippen LogP contribution is 2.31. The van der Waals surface area contributed by atoms with E-state index in [2.05, 4.69) is 4.98 Å². The van der Waals surface area contributed by atoms with E-state index in [1.807, 2.05) is 42.6 Å². The lowest BCUT2D eigenvalue weighted by molar-refractivity contribution is -0.118. The molecule has 26 heavy (non-hydrogen) atoms. The zero-order valence-corrected chi connectivity index (χ0v) is 14.6. The van der Waals surface area contributed by atoms with Crippen LogP contribution >= 0.6 is 0 Å². The SMILES string of the molecule is COC(=O)c1cccc2c1CCCN2C(=O)Cc1c[nH]c2ccccc12. The lowest BCUT2D eigenvalue weighted by Gasteiger charge is -2.30. The summed E-state index contributed by atoms with van der Waals surface area (Å²) < 4.78 is 4.88.